The van der Waals surface area contributed by atoms with Crippen LogP contribution in [0, 0.1) is 0 Å². The molecule has 1 fully saturated rings. The van der Waals surface area contributed by atoms with E-state index in [0.717, 1.165) is 28.1 Å². The second-order valence-electron chi connectivity index (χ2n) is 8.94. The number of hydrogen-bond acceptors (Lipinski definition) is 5. The highest BCUT2D eigenvalue weighted by Crippen LogP contribution is 2.26. The van der Waals surface area contributed by atoms with Crippen molar-refractivity contribution < 1.29 is 4.79 Å². The number of fused-ring (bicyclic) bond motifs is 1. The van der Waals surface area contributed by atoms with Gasteiger partial charge in [-0.2, -0.15) is 5.10 Å². The largest absolute Gasteiger partial charge is 0.352 e. The summed E-state index contributed by atoms with van der Waals surface area (Å²) in [6.45, 7) is 6.98. The van der Waals surface area contributed by atoms with E-state index < -0.39 is 0 Å². The zero-order valence-corrected chi connectivity index (χ0v) is 20.6. The molecule has 4 aromatic rings. The van der Waals surface area contributed by atoms with Crippen molar-refractivity contribution >= 4 is 40.4 Å². The topological polar surface area (TPSA) is 67.2 Å². The van der Waals surface area contributed by atoms with Crippen LogP contribution in [0.2, 0.25) is 5.02 Å². The van der Waals surface area contributed by atoms with E-state index in [2.05, 4.69) is 58.1 Å². The maximum absolute atomic E-state index is 12.8. The Bertz CT molecular complexity index is 1370. The molecule has 1 amide bonds. The summed E-state index contributed by atoms with van der Waals surface area (Å²) in [4.78, 5) is 25.8. The minimum atomic E-state index is 0.0270. The van der Waals surface area contributed by atoms with E-state index in [1.54, 1.807) is 23.3 Å². The molecule has 2 aromatic carbocycles. The zero-order chi connectivity index (χ0) is 24.4. The molecule has 1 aliphatic heterocycles. The lowest BCUT2D eigenvalue weighted by Crippen LogP contribution is -2.48. The predicted molar refractivity (Wildman–Crippen MR) is 140 cm³/mol. The van der Waals surface area contributed by atoms with Crippen LogP contribution in [0.3, 0.4) is 0 Å². The first-order valence-electron chi connectivity index (χ1n) is 11.8. The van der Waals surface area contributed by atoms with Crippen LogP contribution in [0.5, 0.6) is 0 Å². The molecule has 0 radical (unpaired) electrons. The van der Waals surface area contributed by atoms with Crippen molar-refractivity contribution in [3.63, 3.8) is 0 Å². The standard InChI is InChI=1S/C27H27ClN6O/c1-19(2)21-9-6-20(7-10-21)8-11-25(35)32-12-14-33(15-13-32)26-24-17-31-34(27(24)30-18-29-26)23-5-3-4-22(28)16-23/h3-11,16-19H,12-15H2,1-2H3/b11-8+. The molecule has 35 heavy (non-hydrogen) atoms. The van der Waals surface area contributed by atoms with Crippen LogP contribution in [0.4, 0.5) is 5.82 Å². The number of carbonyl (C=O) groups excluding carboxylic acids is 1. The van der Waals surface area contributed by atoms with Gasteiger partial charge in [0.2, 0.25) is 5.91 Å². The van der Waals surface area contributed by atoms with Gasteiger partial charge in [-0.05, 0) is 41.3 Å². The molecular formula is C27H27ClN6O. The van der Waals surface area contributed by atoms with Crippen molar-refractivity contribution in [2.45, 2.75) is 19.8 Å². The van der Waals surface area contributed by atoms with Crippen molar-refractivity contribution in [2.24, 2.45) is 0 Å². The number of aromatic nitrogens is 4. The van der Waals surface area contributed by atoms with Gasteiger partial charge in [0.15, 0.2) is 5.65 Å². The molecule has 0 spiro atoms. The fraction of sp³-hybridized carbons (Fsp3) is 0.259. The molecule has 0 N–H and O–H groups in total. The summed E-state index contributed by atoms with van der Waals surface area (Å²) in [5.41, 5.74) is 3.89. The van der Waals surface area contributed by atoms with Crippen LogP contribution in [-0.2, 0) is 4.79 Å². The Morgan fingerprint density at radius 3 is 2.51 bits per heavy atom. The van der Waals surface area contributed by atoms with E-state index in [4.69, 9.17) is 11.6 Å². The molecule has 2 aromatic heterocycles. The first-order valence-corrected chi connectivity index (χ1v) is 12.1. The van der Waals surface area contributed by atoms with Gasteiger partial charge in [0.05, 0.1) is 17.3 Å². The van der Waals surface area contributed by atoms with E-state index in [1.807, 2.05) is 35.2 Å². The van der Waals surface area contributed by atoms with Crippen molar-refractivity contribution in [1.82, 2.24) is 24.6 Å². The molecule has 8 heteroatoms. The summed E-state index contributed by atoms with van der Waals surface area (Å²) >= 11 is 6.16. The van der Waals surface area contributed by atoms with Gasteiger partial charge in [-0.15, -0.1) is 0 Å². The van der Waals surface area contributed by atoms with Gasteiger partial charge in [0, 0.05) is 37.3 Å². The Balaban J connectivity index is 1.26. The minimum absolute atomic E-state index is 0.0270. The van der Waals surface area contributed by atoms with Crippen LogP contribution < -0.4 is 4.90 Å². The highest BCUT2D eigenvalue weighted by Gasteiger charge is 2.23. The Morgan fingerprint density at radius 2 is 1.80 bits per heavy atom. The monoisotopic (exact) mass is 486 g/mol. The average Bonchev–Trinajstić information content (AvgIpc) is 3.32. The minimum Gasteiger partial charge on any atom is -0.352 e. The second kappa shape index (κ2) is 9.88. The molecule has 0 unspecified atom stereocenters. The lowest BCUT2D eigenvalue weighted by atomic mass is 10.0. The van der Waals surface area contributed by atoms with Gasteiger partial charge < -0.3 is 9.80 Å². The molecule has 1 aliphatic rings. The van der Waals surface area contributed by atoms with Crippen molar-refractivity contribution in [1.29, 1.82) is 0 Å². The lowest BCUT2D eigenvalue weighted by Gasteiger charge is -2.35. The number of hydrogen-bond donors (Lipinski definition) is 0. The fourth-order valence-corrected chi connectivity index (χ4v) is 4.47. The van der Waals surface area contributed by atoms with Gasteiger partial charge in [0.25, 0.3) is 0 Å². The van der Waals surface area contributed by atoms with E-state index >= 15 is 0 Å². The summed E-state index contributed by atoms with van der Waals surface area (Å²) in [5, 5.41) is 6.04. The second-order valence-corrected chi connectivity index (χ2v) is 9.37. The van der Waals surface area contributed by atoms with E-state index in [0.29, 0.717) is 37.1 Å². The van der Waals surface area contributed by atoms with Gasteiger partial charge in [-0.1, -0.05) is 55.8 Å². The summed E-state index contributed by atoms with van der Waals surface area (Å²) in [6.07, 6.45) is 6.90. The van der Waals surface area contributed by atoms with Gasteiger partial charge in [0.1, 0.15) is 12.1 Å². The van der Waals surface area contributed by atoms with Gasteiger partial charge in [-0.3, -0.25) is 4.79 Å². The molecule has 0 atom stereocenters. The quantitative estimate of drug-likeness (QED) is 0.373. The van der Waals surface area contributed by atoms with Crippen LogP contribution in [0.15, 0.2) is 67.1 Å². The Hall–Kier alpha value is -3.71. The zero-order valence-electron chi connectivity index (χ0n) is 19.8. The molecule has 5 rings (SSSR count). The van der Waals surface area contributed by atoms with Crippen LogP contribution in [0.1, 0.15) is 30.9 Å². The van der Waals surface area contributed by atoms with Crippen LogP contribution in [0.25, 0.3) is 22.8 Å². The molecular weight excluding hydrogens is 460 g/mol. The molecule has 7 nitrogen and oxygen atoms in total. The first-order chi connectivity index (χ1) is 17.0. The molecule has 0 bridgehead atoms. The third kappa shape index (κ3) is 4.91. The first kappa shape index (κ1) is 23.1. The Labute approximate surface area is 209 Å². The highest BCUT2D eigenvalue weighted by molar-refractivity contribution is 6.30. The molecule has 1 saturated heterocycles. The van der Waals surface area contributed by atoms with Gasteiger partial charge in [-0.25, -0.2) is 14.6 Å². The normalized spacial score (nSPS) is 14.4. The van der Waals surface area contributed by atoms with E-state index in [1.165, 1.54) is 5.56 Å². The van der Waals surface area contributed by atoms with Crippen LogP contribution >= 0.6 is 11.6 Å². The number of nitrogens with zero attached hydrogens (tertiary/aromatic N) is 6. The molecule has 3 heterocycles. The maximum Gasteiger partial charge on any atom is 0.246 e. The van der Waals surface area contributed by atoms with Crippen molar-refractivity contribution in [3.05, 3.63) is 83.3 Å². The number of amides is 1. The number of benzene rings is 2. The Kier molecular flexibility index (Phi) is 6.51. The molecule has 0 saturated carbocycles. The summed E-state index contributed by atoms with van der Waals surface area (Å²) in [5.74, 6) is 1.35. The Morgan fingerprint density at radius 1 is 1.03 bits per heavy atom. The van der Waals surface area contributed by atoms with Crippen molar-refractivity contribution in [3.8, 4) is 5.69 Å². The summed E-state index contributed by atoms with van der Waals surface area (Å²) < 4.78 is 1.77. The predicted octanol–water partition coefficient (Wildman–Crippen LogP) is 4.95. The SMILES string of the molecule is CC(C)c1ccc(/C=C/C(=O)N2CCN(c3ncnc4c3cnn4-c3cccc(Cl)c3)CC2)cc1. The average molecular weight is 487 g/mol. The number of piperazine rings is 1. The van der Waals surface area contributed by atoms with E-state index in [9.17, 15) is 4.79 Å². The summed E-state index contributed by atoms with van der Waals surface area (Å²) in [7, 11) is 0. The van der Waals surface area contributed by atoms with Gasteiger partial charge >= 0.3 is 0 Å². The number of anilines is 1. The van der Waals surface area contributed by atoms with Crippen LogP contribution in [-0.4, -0.2) is 56.7 Å². The third-order valence-electron chi connectivity index (χ3n) is 6.31. The molecule has 178 valence electrons. The molecule has 0 aliphatic carbocycles. The fourth-order valence-electron chi connectivity index (χ4n) is 4.28. The number of halogens is 1. The lowest BCUT2D eigenvalue weighted by molar-refractivity contribution is -0.126. The van der Waals surface area contributed by atoms with Crippen molar-refractivity contribution in [2.75, 3.05) is 31.1 Å². The third-order valence-corrected chi connectivity index (χ3v) is 6.55. The maximum atomic E-state index is 12.8. The number of carbonyl (C=O) groups is 1. The number of rotatable bonds is 5. The smallest absolute Gasteiger partial charge is 0.246 e. The summed E-state index contributed by atoms with van der Waals surface area (Å²) in [6, 6.07) is 15.9. The highest BCUT2D eigenvalue weighted by atomic mass is 35.5. The van der Waals surface area contributed by atoms with E-state index in [-0.39, 0.29) is 5.91 Å².